The molecule has 0 radical (unpaired) electrons. The SMILES string of the molecule is CCC(C)CN(CC)CC(=O)NN. The molecule has 13 heavy (non-hydrogen) atoms. The van der Waals surface area contributed by atoms with Gasteiger partial charge in [0.05, 0.1) is 6.54 Å². The van der Waals surface area contributed by atoms with Crippen LogP contribution in [0, 0.1) is 5.92 Å². The second-order valence-electron chi connectivity index (χ2n) is 3.41. The zero-order valence-electron chi connectivity index (χ0n) is 8.84. The molecule has 0 saturated heterocycles. The number of likely N-dealkylation sites (N-methyl/N-ethyl adjacent to an activating group) is 1. The first-order valence-corrected chi connectivity index (χ1v) is 4.85. The third kappa shape index (κ3) is 5.60. The van der Waals surface area contributed by atoms with E-state index in [-0.39, 0.29) is 5.91 Å². The first-order valence-electron chi connectivity index (χ1n) is 4.85. The summed E-state index contributed by atoms with van der Waals surface area (Å²) < 4.78 is 0. The van der Waals surface area contributed by atoms with Gasteiger partial charge in [0.25, 0.3) is 0 Å². The van der Waals surface area contributed by atoms with Gasteiger partial charge in [-0.15, -0.1) is 0 Å². The maximum atomic E-state index is 11.0. The Balaban J connectivity index is 3.81. The summed E-state index contributed by atoms with van der Waals surface area (Å²) in [5.74, 6) is 5.52. The van der Waals surface area contributed by atoms with E-state index in [0.29, 0.717) is 12.5 Å². The summed E-state index contributed by atoms with van der Waals surface area (Å²) in [4.78, 5) is 13.1. The number of hydrazine groups is 1. The minimum absolute atomic E-state index is 0.120. The average Bonchev–Trinajstić information content (AvgIpc) is 2.16. The smallest absolute Gasteiger partial charge is 0.248 e. The zero-order valence-corrected chi connectivity index (χ0v) is 8.84. The molecule has 0 fully saturated rings. The van der Waals surface area contributed by atoms with Crippen molar-refractivity contribution in [3.8, 4) is 0 Å². The molecule has 1 amide bonds. The number of nitrogens with two attached hydrogens (primary N) is 1. The van der Waals surface area contributed by atoms with Crippen molar-refractivity contribution in [1.29, 1.82) is 0 Å². The Morgan fingerprint density at radius 3 is 2.54 bits per heavy atom. The monoisotopic (exact) mass is 187 g/mol. The average molecular weight is 187 g/mol. The van der Waals surface area contributed by atoms with Crippen LogP contribution in [0.4, 0.5) is 0 Å². The van der Waals surface area contributed by atoms with E-state index >= 15 is 0 Å². The predicted molar refractivity (Wildman–Crippen MR) is 53.9 cm³/mol. The molecule has 0 aliphatic rings. The molecule has 3 N–H and O–H groups in total. The minimum atomic E-state index is -0.120. The summed E-state index contributed by atoms with van der Waals surface area (Å²) in [6.45, 7) is 8.63. The fourth-order valence-electron chi connectivity index (χ4n) is 1.12. The van der Waals surface area contributed by atoms with E-state index in [1.807, 2.05) is 6.92 Å². The molecule has 0 aromatic heterocycles. The van der Waals surface area contributed by atoms with Crippen molar-refractivity contribution in [1.82, 2.24) is 10.3 Å². The second-order valence-corrected chi connectivity index (χ2v) is 3.41. The highest BCUT2D eigenvalue weighted by Crippen LogP contribution is 2.03. The van der Waals surface area contributed by atoms with Gasteiger partial charge in [0.2, 0.25) is 5.91 Å². The summed E-state index contributed by atoms with van der Waals surface area (Å²) in [6.07, 6.45) is 1.14. The van der Waals surface area contributed by atoms with Crippen LogP contribution in [0.5, 0.6) is 0 Å². The van der Waals surface area contributed by atoms with E-state index in [4.69, 9.17) is 5.84 Å². The molecule has 1 unspecified atom stereocenters. The maximum absolute atomic E-state index is 11.0. The number of carbonyl (C=O) groups is 1. The Kier molecular flexibility index (Phi) is 6.54. The molecule has 0 saturated carbocycles. The third-order valence-corrected chi connectivity index (χ3v) is 2.24. The van der Waals surface area contributed by atoms with Crippen LogP contribution in [-0.2, 0) is 4.79 Å². The fourth-order valence-corrected chi connectivity index (χ4v) is 1.12. The standard InChI is InChI=1S/C9H21N3O/c1-4-8(3)6-12(5-2)7-9(13)11-10/h8H,4-7,10H2,1-3H3,(H,11,13). The van der Waals surface area contributed by atoms with Gasteiger partial charge in [-0.2, -0.15) is 0 Å². The van der Waals surface area contributed by atoms with Gasteiger partial charge in [-0.05, 0) is 12.5 Å². The van der Waals surface area contributed by atoms with Crippen molar-refractivity contribution in [3.05, 3.63) is 0 Å². The van der Waals surface area contributed by atoms with Crippen LogP contribution in [0.1, 0.15) is 27.2 Å². The highest BCUT2D eigenvalue weighted by atomic mass is 16.2. The van der Waals surface area contributed by atoms with Crippen molar-refractivity contribution in [2.75, 3.05) is 19.6 Å². The number of nitrogens with zero attached hydrogens (tertiary/aromatic N) is 1. The largest absolute Gasteiger partial charge is 0.294 e. The van der Waals surface area contributed by atoms with Crippen LogP contribution in [0.25, 0.3) is 0 Å². The quantitative estimate of drug-likeness (QED) is 0.358. The van der Waals surface area contributed by atoms with E-state index in [1.54, 1.807) is 0 Å². The second kappa shape index (κ2) is 6.86. The van der Waals surface area contributed by atoms with E-state index in [1.165, 1.54) is 0 Å². The Hall–Kier alpha value is -0.610. The number of hydrogen-bond acceptors (Lipinski definition) is 3. The van der Waals surface area contributed by atoms with E-state index in [2.05, 4.69) is 24.2 Å². The number of carbonyl (C=O) groups excluding carboxylic acids is 1. The van der Waals surface area contributed by atoms with Gasteiger partial charge in [0, 0.05) is 6.54 Å². The lowest BCUT2D eigenvalue weighted by molar-refractivity contribution is -0.122. The Bertz CT molecular complexity index is 150. The molecule has 0 rings (SSSR count). The van der Waals surface area contributed by atoms with Gasteiger partial charge in [0.15, 0.2) is 0 Å². The summed E-state index contributed by atoms with van der Waals surface area (Å²) in [6, 6.07) is 0. The molecule has 4 heteroatoms. The van der Waals surface area contributed by atoms with Crippen LogP contribution in [0.3, 0.4) is 0 Å². The lowest BCUT2D eigenvalue weighted by Gasteiger charge is -2.22. The molecular formula is C9H21N3O. The van der Waals surface area contributed by atoms with Gasteiger partial charge in [-0.25, -0.2) is 5.84 Å². The van der Waals surface area contributed by atoms with Crippen molar-refractivity contribution < 1.29 is 4.79 Å². The normalized spacial score (nSPS) is 13.0. The van der Waals surface area contributed by atoms with Crippen LogP contribution in [-0.4, -0.2) is 30.4 Å². The molecule has 0 aromatic carbocycles. The number of hydrogen-bond donors (Lipinski definition) is 2. The summed E-state index contributed by atoms with van der Waals surface area (Å²) >= 11 is 0. The molecular weight excluding hydrogens is 166 g/mol. The number of rotatable bonds is 6. The van der Waals surface area contributed by atoms with Crippen LogP contribution < -0.4 is 11.3 Å². The third-order valence-electron chi connectivity index (χ3n) is 2.24. The van der Waals surface area contributed by atoms with Crippen molar-refractivity contribution in [2.24, 2.45) is 11.8 Å². The van der Waals surface area contributed by atoms with Gasteiger partial charge in [-0.1, -0.05) is 27.2 Å². The first kappa shape index (κ1) is 12.4. The van der Waals surface area contributed by atoms with Crippen molar-refractivity contribution in [3.63, 3.8) is 0 Å². The lowest BCUT2D eigenvalue weighted by atomic mass is 10.1. The molecule has 0 aliphatic carbocycles. The highest BCUT2D eigenvalue weighted by Gasteiger charge is 2.10. The molecule has 0 heterocycles. The number of amides is 1. The highest BCUT2D eigenvalue weighted by molar-refractivity contribution is 5.77. The van der Waals surface area contributed by atoms with Gasteiger partial charge in [0.1, 0.15) is 0 Å². The van der Waals surface area contributed by atoms with Gasteiger partial charge < -0.3 is 0 Å². The van der Waals surface area contributed by atoms with Crippen LogP contribution in [0.2, 0.25) is 0 Å². The number of nitrogens with one attached hydrogen (secondary N) is 1. The Morgan fingerprint density at radius 2 is 2.15 bits per heavy atom. The first-order chi connectivity index (χ1) is 6.13. The van der Waals surface area contributed by atoms with E-state index < -0.39 is 0 Å². The van der Waals surface area contributed by atoms with Crippen molar-refractivity contribution in [2.45, 2.75) is 27.2 Å². The van der Waals surface area contributed by atoms with Crippen LogP contribution in [0.15, 0.2) is 0 Å². The summed E-state index contributed by atoms with van der Waals surface area (Å²) in [5.41, 5.74) is 2.14. The molecule has 78 valence electrons. The summed E-state index contributed by atoms with van der Waals surface area (Å²) in [5, 5.41) is 0. The topological polar surface area (TPSA) is 58.4 Å². The molecule has 0 aromatic rings. The fraction of sp³-hybridized carbons (Fsp3) is 0.889. The van der Waals surface area contributed by atoms with Gasteiger partial charge >= 0.3 is 0 Å². The van der Waals surface area contributed by atoms with E-state index in [9.17, 15) is 4.79 Å². The zero-order chi connectivity index (χ0) is 10.3. The predicted octanol–water partition coefficient (Wildman–Crippen LogP) is 0.344. The molecule has 1 atom stereocenters. The molecule has 0 aliphatic heterocycles. The lowest BCUT2D eigenvalue weighted by Crippen LogP contribution is -2.41. The van der Waals surface area contributed by atoms with Crippen molar-refractivity contribution >= 4 is 5.91 Å². The Labute approximate surface area is 80.4 Å². The molecule has 0 spiro atoms. The van der Waals surface area contributed by atoms with E-state index in [0.717, 1.165) is 19.5 Å². The molecule has 0 bridgehead atoms. The van der Waals surface area contributed by atoms with Gasteiger partial charge in [-0.3, -0.25) is 15.1 Å². The minimum Gasteiger partial charge on any atom is -0.294 e. The molecule has 4 nitrogen and oxygen atoms in total. The maximum Gasteiger partial charge on any atom is 0.248 e. The Morgan fingerprint density at radius 1 is 1.54 bits per heavy atom. The summed E-state index contributed by atoms with van der Waals surface area (Å²) in [7, 11) is 0. The van der Waals surface area contributed by atoms with Crippen LogP contribution >= 0.6 is 0 Å².